The first-order chi connectivity index (χ1) is 14.9. The van der Waals surface area contributed by atoms with E-state index in [1.807, 2.05) is 0 Å². The highest BCUT2D eigenvalue weighted by Crippen LogP contribution is 2.46. The average molecular weight is 431 g/mol. The molecule has 0 radical (unpaired) electrons. The van der Waals surface area contributed by atoms with Gasteiger partial charge in [-0.3, -0.25) is 9.59 Å². The molecule has 1 aromatic carbocycles. The highest BCUT2D eigenvalue weighted by atomic mass is 16.5. The Labute approximate surface area is 181 Å². The van der Waals surface area contributed by atoms with Crippen LogP contribution in [0.3, 0.4) is 0 Å². The van der Waals surface area contributed by atoms with Crippen LogP contribution in [0, 0.1) is 0 Å². The summed E-state index contributed by atoms with van der Waals surface area (Å²) in [7, 11) is 0. The first kappa shape index (κ1) is 22.7. The third-order valence-corrected chi connectivity index (χ3v) is 5.55. The van der Waals surface area contributed by atoms with Crippen molar-refractivity contribution >= 4 is 17.7 Å². The zero-order chi connectivity index (χ0) is 22.5. The Bertz CT molecular complexity index is 899. The van der Waals surface area contributed by atoms with E-state index < -0.39 is 23.6 Å². The molecule has 0 saturated heterocycles. The maximum absolute atomic E-state index is 13.0. The Kier molecular flexibility index (Phi) is 7.20. The molecule has 1 aliphatic carbocycles. The highest BCUT2D eigenvalue weighted by Gasteiger charge is 2.43. The molecule has 2 N–H and O–H groups in total. The average Bonchev–Trinajstić information content (AvgIpc) is 2.73. The molecule has 1 fully saturated rings. The van der Waals surface area contributed by atoms with Crippen LogP contribution in [0.15, 0.2) is 23.6 Å². The predicted molar refractivity (Wildman–Crippen MR) is 112 cm³/mol. The van der Waals surface area contributed by atoms with Crippen molar-refractivity contribution in [2.75, 3.05) is 13.2 Å². The summed E-state index contributed by atoms with van der Waals surface area (Å²) in [4.78, 5) is 37.9. The van der Waals surface area contributed by atoms with Crippen LogP contribution in [0.2, 0.25) is 0 Å². The van der Waals surface area contributed by atoms with E-state index >= 15 is 0 Å². The van der Waals surface area contributed by atoms with Gasteiger partial charge in [-0.25, -0.2) is 4.79 Å². The number of esters is 2. The van der Waals surface area contributed by atoms with E-state index in [1.54, 1.807) is 13.8 Å². The van der Waals surface area contributed by atoms with E-state index in [9.17, 15) is 19.5 Å². The van der Waals surface area contributed by atoms with Crippen LogP contribution < -0.4 is 10.1 Å². The Morgan fingerprint density at radius 3 is 2.39 bits per heavy atom. The number of carbonyl (C=O) groups excluding carboxylic acids is 3. The lowest BCUT2D eigenvalue weighted by Crippen LogP contribution is -2.39. The normalized spacial score (nSPS) is 18.6. The molecule has 31 heavy (non-hydrogen) atoms. The van der Waals surface area contributed by atoms with E-state index in [1.165, 1.54) is 19.1 Å². The molecule has 1 aliphatic heterocycles. The predicted octanol–water partition coefficient (Wildman–Crippen LogP) is 3.33. The number of hydrogen-bond acceptors (Lipinski definition) is 8. The van der Waals surface area contributed by atoms with Gasteiger partial charge in [0.15, 0.2) is 5.78 Å². The molecule has 1 saturated carbocycles. The van der Waals surface area contributed by atoms with Crippen molar-refractivity contribution in [3.8, 4) is 11.5 Å². The molecule has 3 rings (SSSR count). The minimum atomic E-state index is -1.28. The van der Waals surface area contributed by atoms with Crippen LogP contribution >= 0.6 is 0 Å². The maximum Gasteiger partial charge on any atom is 0.340 e. The lowest BCUT2D eigenvalue weighted by atomic mass is 9.85. The van der Waals surface area contributed by atoms with Crippen molar-refractivity contribution in [3.05, 3.63) is 34.7 Å². The van der Waals surface area contributed by atoms with Crippen molar-refractivity contribution in [1.29, 1.82) is 0 Å². The Balaban J connectivity index is 2.16. The summed E-state index contributed by atoms with van der Waals surface area (Å²) in [5.74, 6) is -3.21. The molecular weight excluding hydrogens is 402 g/mol. The monoisotopic (exact) mass is 431 g/mol. The standard InChI is InChI=1S/C23H29NO7/c1-4-29-22(27)18-17-16(12-11-15(13(3)25)20(17)26)31-21(19(18)23(28)30-5-2)24-14-9-7-6-8-10-14/h11-12,14,18,24,26H,4-10H2,1-3H3. The van der Waals surface area contributed by atoms with Crippen LogP contribution in [0.25, 0.3) is 0 Å². The van der Waals surface area contributed by atoms with Crippen LogP contribution in [0.5, 0.6) is 11.5 Å². The molecular formula is C23H29NO7. The van der Waals surface area contributed by atoms with Crippen molar-refractivity contribution in [2.24, 2.45) is 0 Å². The minimum absolute atomic E-state index is 0.0309. The van der Waals surface area contributed by atoms with Crippen molar-refractivity contribution in [1.82, 2.24) is 5.32 Å². The number of ketones is 1. The fourth-order valence-corrected chi connectivity index (χ4v) is 4.10. The van der Waals surface area contributed by atoms with Crippen LogP contribution in [-0.4, -0.2) is 42.1 Å². The third-order valence-electron chi connectivity index (χ3n) is 5.55. The van der Waals surface area contributed by atoms with Gasteiger partial charge in [-0.05, 0) is 45.7 Å². The van der Waals surface area contributed by atoms with E-state index in [4.69, 9.17) is 14.2 Å². The second-order valence-electron chi connectivity index (χ2n) is 7.66. The number of nitrogens with one attached hydrogen (secondary N) is 1. The fraction of sp³-hybridized carbons (Fsp3) is 0.522. The smallest absolute Gasteiger partial charge is 0.340 e. The lowest BCUT2D eigenvalue weighted by molar-refractivity contribution is -0.148. The minimum Gasteiger partial charge on any atom is -0.507 e. The van der Waals surface area contributed by atoms with Gasteiger partial charge in [-0.2, -0.15) is 0 Å². The second-order valence-corrected chi connectivity index (χ2v) is 7.66. The van der Waals surface area contributed by atoms with Gasteiger partial charge >= 0.3 is 11.9 Å². The zero-order valence-corrected chi connectivity index (χ0v) is 18.2. The SMILES string of the molecule is CCOC(=O)C1=C(NC2CCCCC2)Oc2ccc(C(C)=O)c(O)c2C1C(=O)OCC. The van der Waals surface area contributed by atoms with Crippen LogP contribution in [0.4, 0.5) is 0 Å². The molecule has 0 spiro atoms. The molecule has 1 aromatic rings. The molecule has 1 unspecified atom stereocenters. The Morgan fingerprint density at radius 2 is 1.77 bits per heavy atom. The molecule has 0 amide bonds. The maximum atomic E-state index is 13.0. The van der Waals surface area contributed by atoms with Gasteiger partial charge in [-0.1, -0.05) is 19.3 Å². The topological polar surface area (TPSA) is 111 Å². The number of phenols is 1. The van der Waals surface area contributed by atoms with Gasteiger partial charge in [0.1, 0.15) is 23.0 Å². The lowest BCUT2D eigenvalue weighted by Gasteiger charge is -2.32. The number of aromatic hydroxyl groups is 1. The summed E-state index contributed by atoms with van der Waals surface area (Å²) in [6, 6.07) is 3.04. The van der Waals surface area contributed by atoms with Crippen LogP contribution in [-0.2, 0) is 19.1 Å². The van der Waals surface area contributed by atoms with Gasteiger partial charge in [0.25, 0.3) is 0 Å². The van der Waals surface area contributed by atoms with Gasteiger partial charge in [-0.15, -0.1) is 0 Å². The molecule has 1 atom stereocenters. The number of hydrogen-bond donors (Lipinski definition) is 2. The Hall–Kier alpha value is -3.03. The van der Waals surface area contributed by atoms with Crippen LogP contribution in [0.1, 0.15) is 74.7 Å². The van der Waals surface area contributed by atoms with E-state index in [0.717, 1.165) is 32.1 Å². The summed E-state index contributed by atoms with van der Waals surface area (Å²) < 4.78 is 16.4. The highest BCUT2D eigenvalue weighted by molar-refractivity contribution is 6.03. The third kappa shape index (κ3) is 4.68. The van der Waals surface area contributed by atoms with Crippen molar-refractivity contribution in [2.45, 2.75) is 64.8 Å². The summed E-state index contributed by atoms with van der Waals surface area (Å²) in [6.45, 7) is 4.80. The summed E-state index contributed by atoms with van der Waals surface area (Å²) in [5.41, 5.74) is 0.00122. The number of benzene rings is 1. The van der Waals surface area contributed by atoms with Crippen molar-refractivity contribution < 1.29 is 33.7 Å². The van der Waals surface area contributed by atoms with E-state index in [0.29, 0.717) is 0 Å². The number of fused-ring (bicyclic) bond motifs is 1. The molecule has 0 aromatic heterocycles. The summed E-state index contributed by atoms with van der Waals surface area (Å²) >= 11 is 0. The molecule has 168 valence electrons. The number of rotatable bonds is 7. The van der Waals surface area contributed by atoms with Crippen molar-refractivity contribution in [3.63, 3.8) is 0 Å². The molecule has 2 aliphatic rings. The first-order valence-electron chi connectivity index (χ1n) is 10.8. The Morgan fingerprint density at radius 1 is 1.10 bits per heavy atom. The fourth-order valence-electron chi connectivity index (χ4n) is 4.10. The van der Waals surface area contributed by atoms with Gasteiger partial charge in [0.05, 0.1) is 24.3 Å². The number of phenolic OH excluding ortho intramolecular Hbond substituents is 1. The quantitative estimate of drug-likeness (QED) is 0.500. The number of Topliss-reactive ketones (excluding diaryl/α,β-unsaturated/α-hetero) is 1. The molecule has 8 nitrogen and oxygen atoms in total. The zero-order valence-electron chi connectivity index (χ0n) is 18.2. The van der Waals surface area contributed by atoms with E-state index in [2.05, 4.69) is 5.32 Å². The largest absolute Gasteiger partial charge is 0.507 e. The molecule has 8 heteroatoms. The second kappa shape index (κ2) is 9.85. The molecule has 0 bridgehead atoms. The first-order valence-corrected chi connectivity index (χ1v) is 10.8. The van der Waals surface area contributed by atoms with E-state index in [-0.39, 0.29) is 53.4 Å². The van der Waals surface area contributed by atoms with Gasteiger partial charge in [0.2, 0.25) is 5.88 Å². The summed E-state index contributed by atoms with van der Waals surface area (Å²) in [5, 5.41) is 14.1. The van der Waals surface area contributed by atoms with Gasteiger partial charge in [0, 0.05) is 6.04 Å². The summed E-state index contributed by atoms with van der Waals surface area (Å²) in [6.07, 6.45) is 5.09. The number of ether oxygens (including phenoxy) is 3. The number of carbonyl (C=O) groups is 3. The molecule has 1 heterocycles. The van der Waals surface area contributed by atoms with Gasteiger partial charge < -0.3 is 24.6 Å².